The van der Waals surface area contributed by atoms with Crippen molar-refractivity contribution in [1.29, 1.82) is 0 Å². The standard InChI is InChI=1S/C52H64O13/c1-30(17-13-19-32(3)21-23-36-34(5)44(56)42(26-51(36,7)8)62-28-39(54)41-25-38(53)49(60)64-41)15-11-12-16-31(2)18-14-20-33(4)22-24-37-35(6)45(57)43(27-52(37,9)10)63-29-40(55)48-46(58)47(59)50(61)65-48/h11-25,39-43,48,53-55,58-59H,26-29H2,1-10H3/b12-11+,17-13+,18-14+,23-21+,24-22+,30-15+,31-16+,32-19+,33-20+. The van der Waals surface area contributed by atoms with E-state index in [2.05, 4.69) is 0 Å². The number of esters is 2. The average molecular weight is 897 g/mol. The summed E-state index contributed by atoms with van der Waals surface area (Å²) in [6.45, 7) is 19.0. The summed E-state index contributed by atoms with van der Waals surface area (Å²) < 4.78 is 21.2. The Hall–Kier alpha value is -5.86. The van der Waals surface area contributed by atoms with Gasteiger partial charge in [-0.05, 0) is 87.5 Å². The molecule has 4 rings (SSSR count). The maximum absolute atomic E-state index is 13.2. The highest BCUT2D eigenvalue weighted by atomic mass is 16.6. The van der Waals surface area contributed by atoms with Crippen LogP contribution in [0.15, 0.2) is 153 Å². The number of aliphatic hydroxyl groups is 5. The van der Waals surface area contributed by atoms with Crippen molar-refractivity contribution in [3.8, 4) is 0 Å². The van der Waals surface area contributed by atoms with Gasteiger partial charge in [-0.2, -0.15) is 0 Å². The molecule has 6 unspecified atom stereocenters. The topological polar surface area (TPSA) is 206 Å². The fraction of sp³-hybridized carbons (Fsp3) is 0.423. The van der Waals surface area contributed by atoms with Crippen molar-refractivity contribution in [2.45, 2.75) is 119 Å². The van der Waals surface area contributed by atoms with Gasteiger partial charge >= 0.3 is 11.9 Å². The third-order valence-corrected chi connectivity index (χ3v) is 11.7. The van der Waals surface area contributed by atoms with Gasteiger partial charge in [-0.3, -0.25) is 9.59 Å². The van der Waals surface area contributed by atoms with E-state index < -0.39 is 71.3 Å². The molecule has 2 heterocycles. The lowest BCUT2D eigenvalue weighted by atomic mass is 9.71. The number of carbonyl (C=O) groups is 4. The molecule has 65 heavy (non-hydrogen) atoms. The van der Waals surface area contributed by atoms with Gasteiger partial charge < -0.3 is 44.5 Å². The third kappa shape index (κ3) is 13.8. The number of cyclic esters (lactones) is 2. The van der Waals surface area contributed by atoms with E-state index in [-0.39, 0.29) is 30.2 Å². The molecule has 4 aliphatic rings. The molecule has 13 heteroatoms. The number of carbonyl (C=O) groups excluding carboxylic acids is 4. The number of rotatable bonds is 18. The van der Waals surface area contributed by atoms with Crippen LogP contribution >= 0.6 is 0 Å². The molecule has 13 nitrogen and oxygen atoms in total. The second-order valence-electron chi connectivity index (χ2n) is 18.2. The molecule has 2 aliphatic heterocycles. The lowest BCUT2D eigenvalue weighted by molar-refractivity contribution is -0.151. The predicted octanol–water partition coefficient (Wildman–Crippen LogP) is 8.30. The molecule has 2 aliphatic carbocycles. The highest BCUT2D eigenvalue weighted by Gasteiger charge is 2.43. The summed E-state index contributed by atoms with van der Waals surface area (Å²) in [6, 6.07) is 0. The number of allylic oxidation sites excluding steroid dienone is 20. The molecular weight excluding hydrogens is 833 g/mol. The summed E-state index contributed by atoms with van der Waals surface area (Å²) in [5.74, 6) is -4.70. The number of aliphatic hydroxyl groups excluding tert-OH is 5. The summed E-state index contributed by atoms with van der Waals surface area (Å²) in [5, 5.41) is 49.6. The first kappa shape index (κ1) is 51.8. The van der Waals surface area contributed by atoms with Gasteiger partial charge in [0.2, 0.25) is 11.5 Å². The quantitative estimate of drug-likeness (QED) is 0.0649. The second-order valence-corrected chi connectivity index (χ2v) is 18.2. The average Bonchev–Trinajstić information content (AvgIpc) is 3.71. The largest absolute Gasteiger partial charge is 0.505 e. The Bertz CT molecular complexity index is 2290. The molecule has 0 bridgehead atoms. The molecule has 0 aromatic carbocycles. The van der Waals surface area contributed by atoms with Crippen molar-refractivity contribution < 1.29 is 63.7 Å². The Labute approximate surface area is 381 Å². The van der Waals surface area contributed by atoms with Gasteiger partial charge in [-0.1, -0.05) is 135 Å². The first-order valence-corrected chi connectivity index (χ1v) is 21.6. The first-order valence-electron chi connectivity index (χ1n) is 21.6. The lowest BCUT2D eigenvalue weighted by Gasteiger charge is -2.37. The van der Waals surface area contributed by atoms with E-state index in [9.17, 15) is 44.7 Å². The molecule has 350 valence electrons. The molecule has 0 aromatic heterocycles. The summed E-state index contributed by atoms with van der Waals surface area (Å²) in [5.41, 5.74) is 6.18. The van der Waals surface area contributed by atoms with Crippen LogP contribution in [0.25, 0.3) is 0 Å². The Morgan fingerprint density at radius 2 is 1.06 bits per heavy atom. The van der Waals surface area contributed by atoms with Crippen LogP contribution < -0.4 is 0 Å². The normalized spacial score (nSPS) is 26.0. The van der Waals surface area contributed by atoms with Gasteiger partial charge in [-0.15, -0.1) is 0 Å². The third-order valence-electron chi connectivity index (χ3n) is 11.7. The van der Waals surface area contributed by atoms with Gasteiger partial charge in [0.1, 0.15) is 24.4 Å². The molecule has 5 N–H and O–H groups in total. The molecule has 0 fully saturated rings. The van der Waals surface area contributed by atoms with E-state index in [1.807, 2.05) is 140 Å². The molecule has 0 spiro atoms. The molecule has 0 radical (unpaired) electrons. The van der Waals surface area contributed by atoms with Crippen molar-refractivity contribution >= 4 is 23.5 Å². The molecule has 6 atom stereocenters. The second kappa shape index (κ2) is 22.4. The summed E-state index contributed by atoms with van der Waals surface area (Å²) in [6.07, 6.45) is 22.8. The zero-order chi connectivity index (χ0) is 48.4. The van der Waals surface area contributed by atoms with E-state index in [1.54, 1.807) is 13.8 Å². The van der Waals surface area contributed by atoms with Gasteiger partial charge in [-0.25, -0.2) is 9.59 Å². The molecule has 0 aromatic rings. The fourth-order valence-electron chi connectivity index (χ4n) is 7.81. The van der Waals surface area contributed by atoms with Crippen molar-refractivity contribution in [3.05, 3.63) is 153 Å². The van der Waals surface area contributed by atoms with Crippen molar-refractivity contribution in [2.75, 3.05) is 13.2 Å². The smallest absolute Gasteiger partial charge is 0.377 e. The van der Waals surface area contributed by atoms with E-state index in [1.165, 1.54) is 0 Å². The predicted molar refractivity (Wildman–Crippen MR) is 247 cm³/mol. The molecular formula is C52H64O13. The Morgan fingerprint density at radius 1 is 0.646 bits per heavy atom. The van der Waals surface area contributed by atoms with Crippen LogP contribution in [0.4, 0.5) is 0 Å². The summed E-state index contributed by atoms with van der Waals surface area (Å²) in [4.78, 5) is 49.4. The zero-order valence-electron chi connectivity index (χ0n) is 39.0. The minimum absolute atomic E-state index is 0.164. The van der Waals surface area contributed by atoms with Crippen LogP contribution in [0, 0.1) is 10.8 Å². The Morgan fingerprint density at radius 3 is 1.46 bits per heavy atom. The van der Waals surface area contributed by atoms with Crippen LogP contribution in [-0.4, -0.2) is 98.9 Å². The molecule has 0 saturated heterocycles. The van der Waals surface area contributed by atoms with Crippen LogP contribution in [0.3, 0.4) is 0 Å². The van der Waals surface area contributed by atoms with Gasteiger partial charge in [0.05, 0.1) is 13.2 Å². The van der Waals surface area contributed by atoms with Gasteiger partial charge in [0.15, 0.2) is 29.5 Å². The van der Waals surface area contributed by atoms with E-state index >= 15 is 0 Å². The number of ether oxygens (including phenoxy) is 4. The zero-order valence-corrected chi connectivity index (χ0v) is 39.0. The SMILES string of the molecule is CC1=C(/C=C/C(C)=C/C=C/C(C)=C/C=C/C=C(C)/C=C/C=C(C)/C=C/C2=C(C)C(=O)C(OCC(O)C3OC(=O)C(O)=C3O)CC2(C)C)C(C)(C)CC(OCC(O)C2C=C(O)C(=O)O2)C1=O. The summed E-state index contributed by atoms with van der Waals surface area (Å²) >= 11 is 0. The monoisotopic (exact) mass is 896 g/mol. The lowest BCUT2D eigenvalue weighted by Crippen LogP contribution is -2.41. The minimum atomic E-state index is -1.47. The Balaban J connectivity index is 1.26. The van der Waals surface area contributed by atoms with Crippen molar-refractivity contribution in [3.63, 3.8) is 0 Å². The number of ketones is 2. The van der Waals surface area contributed by atoms with E-state index in [0.29, 0.717) is 24.0 Å². The van der Waals surface area contributed by atoms with Gasteiger partial charge in [0.25, 0.3) is 0 Å². The summed E-state index contributed by atoms with van der Waals surface area (Å²) in [7, 11) is 0. The van der Waals surface area contributed by atoms with Crippen LogP contribution in [-0.2, 0) is 38.1 Å². The van der Waals surface area contributed by atoms with E-state index in [0.717, 1.165) is 39.5 Å². The van der Waals surface area contributed by atoms with Crippen molar-refractivity contribution in [2.24, 2.45) is 10.8 Å². The highest BCUT2D eigenvalue weighted by Crippen LogP contribution is 2.42. The minimum Gasteiger partial charge on any atom is -0.505 e. The maximum atomic E-state index is 13.2. The van der Waals surface area contributed by atoms with E-state index in [4.69, 9.17) is 18.9 Å². The van der Waals surface area contributed by atoms with Crippen LogP contribution in [0.1, 0.15) is 82.1 Å². The first-order chi connectivity index (χ1) is 30.4. The highest BCUT2D eigenvalue weighted by molar-refractivity contribution is 6.01. The van der Waals surface area contributed by atoms with Crippen molar-refractivity contribution in [1.82, 2.24) is 0 Å². The molecule has 0 amide bonds. The number of hydrogen-bond acceptors (Lipinski definition) is 13. The van der Waals surface area contributed by atoms with Gasteiger partial charge in [0, 0.05) is 6.08 Å². The Kier molecular flexibility index (Phi) is 17.8. The van der Waals surface area contributed by atoms with Crippen LogP contribution in [0.5, 0.6) is 0 Å². The molecule has 0 saturated carbocycles. The maximum Gasteiger partial charge on any atom is 0.377 e. The number of Topliss-reactive ketones (excluding diaryl/α,β-unsaturated/α-hetero) is 2. The van der Waals surface area contributed by atoms with Crippen LogP contribution in [0.2, 0.25) is 0 Å². The fourth-order valence-corrected chi connectivity index (χ4v) is 7.81. The number of hydrogen-bond donors (Lipinski definition) is 5.